The number of hydrogen-bond acceptors (Lipinski definition) is 6. The highest BCUT2D eigenvalue weighted by Gasteiger charge is 2.73. The molecule has 1 unspecified atom stereocenters. The molecule has 6 nitrogen and oxygen atoms in total. The predicted octanol–water partition coefficient (Wildman–Crippen LogP) is 6.84. The van der Waals surface area contributed by atoms with Crippen molar-refractivity contribution in [1.29, 1.82) is 0 Å². The Labute approximate surface area is 210 Å². The molecule has 204 valence electrons. The second-order valence-electron chi connectivity index (χ2n) is 6.66. The van der Waals surface area contributed by atoms with Gasteiger partial charge in [-0.1, -0.05) is 12.1 Å². The summed E-state index contributed by atoms with van der Waals surface area (Å²) in [5.74, 6) is -8.85. The van der Waals surface area contributed by atoms with Gasteiger partial charge in [0.1, 0.15) is 10.6 Å². The summed E-state index contributed by atoms with van der Waals surface area (Å²) in [5.41, 5.74) is -6.48. The number of amides is 1. The van der Waals surface area contributed by atoms with Crippen molar-refractivity contribution in [3.05, 3.63) is 52.6 Å². The molecule has 37 heavy (non-hydrogen) atoms. The molecule has 1 amide bonds. The van der Waals surface area contributed by atoms with Crippen molar-refractivity contribution in [3.8, 4) is 0 Å². The number of nitro benzene ring substituents is 1. The highest BCUT2D eigenvalue weighted by atomic mass is 32.2. The maximum absolute atomic E-state index is 13.8. The second-order valence-corrected chi connectivity index (χ2v) is 10.4. The van der Waals surface area contributed by atoms with Crippen LogP contribution in [0.15, 0.2) is 57.2 Å². The van der Waals surface area contributed by atoms with Crippen LogP contribution in [0.1, 0.15) is 0 Å². The third-order valence-electron chi connectivity index (χ3n) is 3.99. The Balaban J connectivity index is 2.24. The Morgan fingerprint density at radius 3 is 2.08 bits per heavy atom. The van der Waals surface area contributed by atoms with Crippen LogP contribution in [0.25, 0.3) is 0 Å². The van der Waals surface area contributed by atoms with E-state index in [-0.39, 0.29) is 0 Å². The first-order valence-electron chi connectivity index (χ1n) is 9.08. The summed E-state index contributed by atoms with van der Waals surface area (Å²) in [7, 11) is -2.57. The Hall–Kier alpha value is -2.54. The van der Waals surface area contributed by atoms with Gasteiger partial charge in [0.2, 0.25) is 5.91 Å². The SMILES string of the molecule is O=C(CS(=O)c1ccc(SC(F)(F)F)cc1[N+](=O)[O-])Nc1ccccc1SC(F)(F)C(F)(F)C(F)(F)F. The summed E-state index contributed by atoms with van der Waals surface area (Å²) in [6.07, 6.45) is -6.60. The van der Waals surface area contributed by atoms with Crippen molar-refractivity contribution in [1.82, 2.24) is 0 Å². The van der Waals surface area contributed by atoms with E-state index in [1.54, 1.807) is 0 Å². The van der Waals surface area contributed by atoms with Gasteiger partial charge in [0.15, 0.2) is 0 Å². The zero-order valence-corrected chi connectivity index (χ0v) is 19.8. The van der Waals surface area contributed by atoms with Crippen LogP contribution >= 0.6 is 23.5 Å². The largest absolute Gasteiger partial charge is 0.460 e. The van der Waals surface area contributed by atoms with Gasteiger partial charge in [-0.25, -0.2) is 0 Å². The highest BCUT2D eigenvalue weighted by Crippen LogP contribution is 2.54. The normalized spacial score (nSPS) is 13.8. The lowest BCUT2D eigenvalue weighted by molar-refractivity contribution is -0.388. The standard InChI is InChI=1S/C18H10F10N2O4S3/c19-15(20,16(21,22)23)17(24,25)36-12-4-2-1-3-10(12)29-14(31)8-37(34)13-6-5-9(35-18(26,27)28)7-11(13)30(32)33/h1-7H,8H2,(H,29,31). The molecule has 0 aliphatic carbocycles. The molecule has 0 bridgehead atoms. The summed E-state index contributed by atoms with van der Waals surface area (Å²) in [6.45, 7) is 0. The smallest absolute Gasteiger partial charge is 0.324 e. The summed E-state index contributed by atoms with van der Waals surface area (Å²) in [6, 6.07) is 5.57. The van der Waals surface area contributed by atoms with Crippen molar-refractivity contribution in [3.63, 3.8) is 0 Å². The average Bonchev–Trinajstić information content (AvgIpc) is 2.72. The Bertz CT molecular complexity index is 1210. The molecule has 1 N–H and O–H groups in total. The fraction of sp³-hybridized carbons (Fsp3) is 0.278. The number of nitro groups is 1. The minimum absolute atomic E-state index is 0.470. The lowest BCUT2D eigenvalue weighted by Crippen LogP contribution is -2.49. The summed E-state index contributed by atoms with van der Waals surface area (Å²) < 4.78 is 141. The molecule has 2 aromatic rings. The lowest BCUT2D eigenvalue weighted by atomic mass is 10.3. The number of halogens is 10. The molecule has 0 radical (unpaired) electrons. The van der Waals surface area contributed by atoms with E-state index in [2.05, 4.69) is 0 Å². The topological polar surface area (TPSA) is 89.3 Å². The zero-order valence-electron chi connectivity index (χ0n) is 17.3. The van der Waals surface area contributed by atoms with Gasteiger partial charge in [-0.05, 0) is 47.8 Å². The average molecular weight is 604 g/mol. The van der Waals surface area contributed by atoms with Gasteiger partial charge in [0.25, 0.3) is 5.69 Å². The van der Waals surface area contributed by atoms with E-state index in [9.17, 15) is 63.0 Å². The molecule has 2 rings (SSSR count). The van der Waals surface area contributed by atoms with Crippen molar-refractivity contribution in [2.24, 2.45) is 0 Å². The number of carbonyl (C=O) groups excluding carboxylic acids is 1. The molecule has 2 aromatic carbocycles. The molecule has 0 spiro atoms. The molecule has 0 fully saturated rings. The van der Waals surface area contributed by atoms with Gasteiger partial charge >= 0.3 is 22.9 Å². The van der Waals surface area contributed by atoms with E-state index in [0.717, 1.165) is 24.3 Å². The second kappa shape index (κ2) is 11.1. The lowest BCUT2D eigenvalue weighted by Gasteiger charge is -2.28. The molecular formula is C18H10F10N2O4S3. The van der Waals surface area contributed by atoms with Gasteiger partial charge < -0.3 is 5.32 Å². The molecule has 0 aromatic heterocycles. The summed E-state index contributed by atoms with van der Waals surface area (Å²) in [4.78, 5) is 20.1. The van der Waals surface area contributed by atoms with Gasteiger partial charge in [0.05, 0.1) is 21.4 Å². The number of para-hydroxylation sites is 1. The molecule has 0 heterocycles. The number of benzene rings is 2. The first-order valence-corrected chi connectivity index (χ1v) is 12.0. The first-order chi connectivity index (χ1) is 16.7. The third kappa shape index (κ3) is 7.73. The van der Waals surface area contributed by atoms with E-state index >= 15 is 0 Å². The molecule has 0 saturated carbocycles. The van der Waals surface area contributed by atoms with E-state index in [1.807, 2.05) is 5.32 Å². The van der Waals surface area contributed by atoms with Crippen LogP contribution in [-0.2, 0) is 15.6 Å². The molecule has 0 aliphatic rings. The van der Waals surface area contributed by atoms with Crippen molar-refractivity contribution in [2.75, 3.05) is 11.1 Å². The molecule has 1 atom stereocenters. The fourth-order valence-electron chi connectivity index (χ4n) is 2.44. The number of thioether (sulfide) groups is 2. The maximum Gasteiger partial charge on any atom is 0.460 e. The number of nitrogens with one attached hydrogen (secondary N) is 1. The van der Waals surface area contributed by atoms with E-state index < -0.39 is 99.8 Å². The summed E-state index contributed by atoms with van der Waals surface area (Å²) >= 11 is -1.89. The van der Waals surface area contributed by atoms with Crippen LogP contribution in [0.5, 0.6) is 0 Å². The number of rotatable bonds is 9. The number of hydrogen-bond donors (Lipinski definition) is 1. The third-order valence-corrected chi connectivity index (χ3v) is 7.16. The summed E-state index contributed by atoms with van der Waals surface area (Å²) in [5, 5.41) is 7.39. The van der Waals surface area contributed by atoms with Crippen LogP contribution in [0.4, 0.5) is 55.3 Å². The van der Waals surface area contributed by atoms with Crippen LogP contribution in [0.2, 0.25) is 0 Å². The van der Waals surface area contributed by atoms with Gasteiger partial charge in [0, 0.05) is 15.9 Å². The Kier molecular flexibility index (Phi) is 9.17. The zero-order chi connectivity index (χ0) is 28.4. The minimum atomic E-state index is -6.60. The molecule has 0 aliphatic heterocycles. The Morgan fingerprint density at radius 1 is 0.946 bits per heavy atom. The van der Waals surface area contributed by atoms with E-state index in [4.69, 9.17) is 0 Å². The highest BCUT2D eigenvalue weighted by molar-refractivity contribution is 8.00. The first kappa shape index (κ1) is 30.7. The fourth-order valence-corrected chi connectivity index (χ4v) is 4.96. The van der Waals surface area contributed by atoms with Gasteiger partial charge in [-0.2, -0.15) is 43.9 Å². The van der Waals surface area contributed by atoms with Crippen LogP contribution in [0.3, 0.4) is 0 Å². The quantitative estimate of drug-likeness (QED) is 0.146. The number of nitrogens with zero attached hydrogens (tertiary/aromatic N) is 1. The van der Waals surface area contributed by atoms with E-state index in [1.165, 1.54) is 0 Å². The monoisotopic (exact) mass is 604 g/mol. The van der Waals surface area contributed by atoms with Crippen molar-refractivity contribution in [2.45, 2.75) is 37.5 Å². The van der Waals surface area contributed by atoms with Crippen molar-refractivity contribution < 1.29 is 57.8 Å². The molecular weight excluding hydrogens is 594 g/mol. The van der Waals surface area contributed by atoms with Gasteiger partial charge in [-0.15, -0.1) is 0 Å². The van der Waals surface area contributed by atoms with Crippen LogP contribution < -0.4 is 5.32 Å². The minimum Gasteiger partial charge on any atom is -0.324 e. The van der Waals surface area contributed by atoms with Gasteiger partial charge in [-0.3, -0.25) is 19.1 Å². The predicted molar refractivity (Wildman–Crippen MR) is 113 cm³/mol. The number of alkyl halides is 10. The van der Waals surface area contributed by atoms with E-state index in [0.29, 0.717) is 18.2 Å². The molecule has 19 heteroatoms. The maximum atomic E-state index is 13.8. The molecule has 0 saturated heterocycles. The number of carbonyl (C=O) groups is 1. The number of anilines is 1. The van der Waals surface area contributed by atoms with Crippen molar-refractivity contribution >= 4 is 51.6 Å². The Morgan fingerprint density at radius 2 is 1.54 bits per heavy atom. The van der Waals surface area contributed by atoms with Crippen LogP contribution in [-0.4, -0.2) is 43.7 Å². The van der Waals surface area contributed by atoms with Crippen LogP contribution in [0, 0.1) is 10.1 Å².